The Hall–Kier alpha value is -1.54. The predicted molar refractivity (Wildman–Crippen MR) is 83.3 cm³/mol. The second-order valence-electron chi connectivity index (χ2n) is 7.24. The van der Waals surface area contributed by atoms with Crippen LogP contribution in [0, 0.1) is 0 Å². The summed E-state index contributed by atoms with van der Waals surface area (Å²) in [4.78, 5) is 11.9. The number of carbonyl (C=O) groups is 1. The molecule has 8 heteroatoms. The van der Waals surface area contributed by atoms with E-state index >= 15 is 0 Å². The topological polar surface area (TPSA) is 47.6 Å². The molecule has 0 saturated carbocycles. The molecule has 0 radical (unpaired) electrons. The Labute approximate surface area is 138 Å². The Bertz CT molecular complexity index is 672. The van der Waals surface area contributed by atoms with E-state index in [1.807, 2.05) is 27.7 Å². The summed E-state index contributed by atoms with van der Waals surface area (Å²) in [5, 5.41) is 2.29. The third kappa shape index (κ3) is 2.71. The van der Waals surface area contributed by atoms with Crippen molar-refractivity contribution in [1.82, 2.24) is 5.32 Å². The lowest BCUT2D eigenvalue weighted by atomic mass is 9.75. The number of fused-ring (bicyclic) bond motifs is 1. The Morgan fingerprint density at radius 2 is 1.75 bits per heavy atom. The van der Waals surface area contributed by atoms with E-state index in [4.69, 9.17) is 9.31 Å². The molecule has 2 aliphatic heterocycles. The van der Waals surface area contributed by atoms with Crippen LogP contribution in [-0.4, -0.2) is 36.9 Å². The summed E-state index contributed by atoms with van der Waals surface area (Å²) in [5.74, 6) is -2.22. The van der Waals surface area contributed by atoms with Gasteiger partial charge in [-0.15, -0.1) is 0 Å². The van der Waals surface area contributed by atoms with Crippen molar-refractivity contribution in [2.75, 3.05) is 6.54 Å². The van der Waals surface area contributed by atoms with E-state index in [2.05, 4.69) is 5.32 Å². The summed E-state index contributed by atoms with van der Waals surface area (Å²) in [5.41, 5.74) is -0.679. The molecule has 4 nitrogen and oxygen atoms in total. The smallest absolute Gasteiger partial charge is 0.399 e. The molecule has 24 heavy (non-hydrogen) atoms. The van der Waals surface area contributed by atoms with Gasteiger partial charge >= 0.3 is 13.3 Å². The van der Waals surface area contributed by atoms with E-state index in [0.717, 1.165) is 0 Å². The van der Waals surface area contributed by atoms with Gasteiger partial charge in [-0.05, 0) is 44.8 Å². The fourth-order valence-electron chi connectivity index (χ4n) is 2.89. The highest BCUT2D eigenvalue weighted by molar-refractivity contribution is 6.62. The van der Waals surface area contributed by atoms with Crippen LogP contribution in [0.15, 0.2) is 18.2 Å². The van der Waals surface area contributed by atoms with Crippen LogP contribution in [0.25, 0.3) is 0 Å². The van der Waals surface area contributed by atoms with Crippen molar-refractivity contribution in [3.63, 3.8) is 0 Å². The second-order valence-corrected chi connectivity index (χ2v) is 7.24. The van der Waals surface area contributed by atoms with Gasteiger partial charge in [0.05, 0.1) is 17.1 Å². The highest BCUT2D eigenvalue weighted by Gasteiger charge is 2.52. The fraction of sp³-hybridized carbons (Fsp3) is 0.562. The van der Waals surface area contributed by atoms with Crippen molar-refractivity contribution in [1.29, 1.82) is 0 Å². The summed E-state index contributed by atoms with van der Waals surface area (Å²) in [6.07, 6.45) is -4.43. The van der Waals surface area contributed by atoms with Crippen molar-refractivity contribution in [2.24, 2.45) is 0 Å². The van der Waals surface area contributed by atoms with Crippen LogP contribution in [0.5, 0.6) is 0 Å². The molecule has 3 rings (SSSR count). The van der Waals surface area contributed by atoms with Gasteiger partial charge in [-0.25, -0.2) is 0 Å². The molecular formula is C16H19BF3NO3. The van der Waals surface area contributed by atoms with Gasteiger partial charge in [-0.3, -0.25) is 4.79 Å². The lowest BCUT2D eigenvalue weighted by Crippen LogP contribution is -2.43. The number of nitrogens with one attached hydrogen (secondary N) is 1. The Morgan fingerprint density at radius 1 is 1.17 bits per heavy atom. The van der Waals surface area contributed by atoms with Crippen molar-refractivity contribution >= 4 is 18.5 Å². The molecule has 1 N–H and O–H groups in total. The molecule has 0 aliphatic carbocycles. The minimum Gasteiger partial charge on any atom is -0.399 e. The van der Waals surface area contributed by atoms with E-state index < -0.39 is 42.9 Å². The van der Waals surface area contributed by atoms with Gasteiger partial charge in [0.1, 0.15) is 0 Å². The minimum atomic E-state index is -4.43. The molecule has 1 saturated heterocycles. The zero-order valence-electron chi connectivity index (χ0n) is 14.0. The van der Waals surface area contributed by atoms with Crippen molar-refractivity contribution in [3.8, 4) is 0 Å². The monoisotopic (exact) mass is 341 g/mol. The summed E-state index contributed by atoms with van der Waals surface area (Å²) in [7, 11) is -0.765. The van der Waals surface area contributed by atoms with Crippen LogP contribution in [0.1, 0.15) is 49.5 Å². The molecule has 0 aromatic heterocycles. The van der Waals surface area contributed by atoms with Crippen molar-refractivity contribution in [2.45, 2.75) is 51.0 Å². The SMILES string of the molecule is CC1(C)OB(c2ccc3c(c2)C(C(F)(F)F)CNC3=O)OC1(C)C. The van der Waals surface area contributed by atoms with Crippen LogP contribution < -0.4 is 10.8 Å². The molecule has 1 amide bonds. The standard InChI is InChI=1S/C16H19BF3NO3/c1-14(2)15(3,4)24-17(23-14)9-5-6-10-11(7-9)12(16(18,19)20)8-21-13(10)22/h5-7,12H,8H2,1-4H3,(H,21,22). The van der Waals surface area contributed by atoms with E-state index in [9.17, 15) is 18.0 Å². The van der Waals surface area contributed by atoms with Crippen molar-refractivity contribution < 1.29 is 27.3 Å². The zero-order chi connectivity index (χ0) is 17.9. The average molecular weight is 341 g/mol. The van der Waals surface area contributed by atoms with Gasteiger partial charge in [-0.1, -0.05) is 12.1 Å². The first-order valence-electron chi connectivity index (χ1n) is 7.77. The van der Waals surface area contributed by atoms with Crippen LogP contribution >= 0.6 is 0 Å². The number of carbonyl (C=O) groups excluding carboxylic acids is 1. The van der Waals surface area contributed by atoms with E-state index in [1.54, 1.807) is 6.07 Å². The molecule has 0 bridgehead atoms. The highest BCUT2D eigenvalue weighted by atomic mass is 19.4. The highest BCUT2D eigenvalue weighted by Crippen LogP contribution is 2.39. The van der Waals surface area contributed by atoms with Gasteiger partial charge in [0.2, 0.25) is 0 Å². The fourth-order valence-corrected chi connectivity index (χ4v) is 2.89. The van der Waals surface area contributed by atoms with Crippen LogP contribution in [-0.2, 0) is 9.31 Å². The molecular weight excluding hydrogens is 322 g/mol. The second kappa shape index (κ2) is 5.23. The van der Waals surface area contributed by atoms with E-state index in [-0.39, 0.29) is 11.1 Å². The first-order valence-corrected chi connectivity index (χ1v) is 7.77. The largest absolute Gasteiger partial charge is 0.494 e. The predicted octanol–water partition coefficient (Wildman–Crippen LogP) is 2.38. The van der Waals surface area contributed by atoms with Gasteiger partial charge in [0.25, 0.3) is 5.91 Å². The minimum absolute atomic E-state index is 0.0292. The Balaban J connectivity index is 2.01. The maximum Gasteiger partial charge on any atom is 0.494 e. The summed E-state index contributed by atoms with van der Waals surface area (Å²) < 4.78 is 51.6. The molecule has 2 aliphatic rings. The number of benzene rings is 1. The third-order valence-electron chi connectivity index (χ3n) is 5.08. The van der Waals surface area contributed by atoms with E-state index in [0.29, 0.717) is 5.46 Å². The quantitative estimate of drug-likeness (QED) is 0.798. The van der Waals surface area contributed by atoms with Crippen LogP contribution in [0.3, 0.4) is 0 Å². The summed E-state index contributed by atoms with van der Waals surface area (Å²) >= 11 is 0. The number of hydrogen-bond donors (Lipinski definition) is 1. The Kier molecular flexibility index (Phi) is 3.77. The third-order valence-corrected chi connectivity index (χ3v) is 5.08. The molecule has 1 aromatic carbocycles. The average Bonchev–Trinajstić information content (AvgIpc) is 2.66. The lowest BCUT2D eigenvalue weighted by Gasteiger charge is -2.32. The summed E-state index contributed by atoms with van der Waals surface area (Å²) in [6.45, 7) is 7.03. The van der Waals surface area contributed by atoms with Gasteiger partial charge < -0.3 is 14.6 Å². The number of hydrogen-bond acceptors (Lipinski definition) is 3. The molecule has 1 aromatic rings. The van der Waals surface area contributed by atoms with Gasteiger partial charge in [0.15, 0.2) is 0 Å². The zero-order valence-corrected chi connectivity index (χ0v) is 14.0. The molecule has 2 heterocycles. The molecule has 1 unspecified atom stereocenters. The first-order chi connectivity index (χ1) is 10.9. The van der Waals surface area contributed by atoms with Crippen molar-refractivity contribution in [3.05, 3.63) is 29.3 Å². The van der Waals surface area contributed by atoms with E-state index in [1.165, 1.54) is 12.1 Å². The molecule has 0 spiro atoms. The Morgan fingerprint density at radius 3 is 2.29 bits per heavy atom. The van der Waals surface area contributed by atoms with Crippen LogP contribution in [0.4, 0.5) is 13.2 Å². The van der Waals surface area contributed by atoms with Gasteiger partial charge in [-0.2, -0.15) is 13.2 Å². The molecule has 1 atom stereocenters. The maximum absolute atomic E-state index is 13.3. The molecule has 1 fully saturated rings. The molecule has 130 valence electrons. The number of halogens is 3. The number of amides is 1. The van der Waals surface area contributed by atoms with Gasteiger partial charge in [0, 0.05) is 12.1 Å². The first kappa shape index (κ1) is 17.3. The number of alkyl halides is 3. The summed E-state index contributed by atoms with van der Waals surface area (Å²) in [6, 6.07) is 4.37. The maximum atomic E-state index is 13.3. The lowest BCUT2D eigenvalue weighted by molar-refractivity contribution is -0.149. The number of rotatable bonds is 1. The normalized spacial score (nSPS) is 25.4. The van der Waals surface area contributed by atoms with Crippen LogP contribution in [0.2, 0.25) is 0 Å².